The van der Waals surface area contributed by atoms with Crippen molar-refractivity contribution in [3.05, 3.63) is 47.3 Å². The minimum absolute atomic E-state index is 0.188. The number of methoxy groups -OCH3 is 1. The molecule has 2 aliphatic rings. The predicted molar refractivity (Wildman–Crippen MR) is 120 cm³/mol. The average Bonchev–Trinajstić information content (AvgIpc) is 3.25. The van der Waals surface area contributed by atoms with Gasteiger partial charge in [-0.3, -0.25) is 9.69 Å². The molecule has 2 aliphatic heterocycles. The maximum absolute atomic E-state index is 13.1. The van der Waals surface area contributed by atoms with Crippen LogP contribution in [-0.4, -0.2) is 76.2 Å². The van der Waals surface area contributed by atoms with Gasteiger partial charge in [0.1, 0.15) is 11.6 Å². The van der Waals surface area contributed by atoms with Crippen LogP contribution >= 0.6 is 0 Å². The van der Waals surface area contributed by atoms with Crippen molar-refractivity contribution in [1.29, 1.82) is 0 Å². The Morgan fingerprint density at radius 1 is 1.14 bits per heavy atom. The summed E-state index contributed by atoms with van der Waals surface area (Å²) in [5.74, 6) is -1.83. The molecule has 198 valence electrons. The molecule has 0 bridgehead atoms. The van der Waals surface area contributed by atoms with Gasteiger partial charge >= 0.3 is 12.1 Å². The highest BCUT2D eigenvalue weighted by atomic mass is 19.4. The van der Waals surface area contributed by atoms with Crippen LogP contribution < -0.4 is 5.32 Å². The molecule has 36 heavy (non-hydrogen) atoms. The predicted octanol–water partition coefficient (Wildman–Crippen LogP) is 2.66. The number of aromatic nitrogens is 3. The molecule has 3 heterocycles. The number of rotatable bonds is 6. The van der Waals surface area contributed by atoms with Gasteiger partial charge in [0.2, 0.25) is 5.82 Å². The summed E-state index contributed by atoms with van der Waals surface area (Å²) in [5, 5.41) is 18.4. The van der Waals surface area contributed by atoms with Crippen LogP contribution in [0.4, 0.5) is 17.6 Å². The number of likely N-dealkylation sites (tertiary alicyclic amines) is 1. The molecule has 0 unspecified atom stereocenters. The summed E-state index contributed by atoms with van der Waals surface area (Å²) in [4.78, 5) is 23.8. The van der Waals surface area contributed by atoms with Crippen molar-refractivity contribution in [2.45, 2.75) is 44.9 Å². The van der Waals surface area contributed by atoms with E-state index in [1.807, 2.05) is 16.7 Å². The number of fused-ring (bicyclic) bond motifs is 1. The number of alkyl halides is 3. The summed E-state index contributed by atoms with van der Waals surface area (Å²) in [5.41, 5.74) is 1.33. The zero-order valence-corrected chi connectivity index (χ0v) is 19.9. The molecule has 0 radical (unpaired) electrons. The molecule has 1 aromatic carbocycles. The molecule has 2 N–H and O–H groups in total. The van der Waals surface area contributed by atoms with Crippen LogP contribution in [0.15, 0.2) is 24.3 Å². The van der Waals surface area contributed by atoms with Gasteiger partial charge in [-0.2, -0.15) is 13.2 Å². The number of aliphatic carboxylic acids is 1. The standard InChI is InChI=1S/C21H28FN5O2.C2HF3O2/c1-29-13-10-23-20(28)19-25-24-18-6-7-21(15-27(18)19)8-11-26(12-9-21)14-16-2-4-17(22)5-3-16;3-2(4,5)1(6)7/h2-5H,6-15H2,1H3,(H,23,28);(H,6,7). The van der Waals surface area contributed by atoms with Gasteiger partial charge in [-0.25, -0.2) is 9.18 Å². The zero-order valence-electron chi connectivity index (χ0n) is 19.9. The monoisotopic (exact) mass is 515 g/mol. The van der Waals surface area contributed by atoms with E-state index in [1.165, 1.54) is 12.1 Å². The van der Waals surface area contributed by atoms with Crippen molar-refractivity contribution < 1.29 is 37.0 Å². The molecular weight excluding hydrogens is 486 g/mol. The molecule has 0 aliphatic carbocycles. The van der Waals surface area contributed by atoms with Gasteiger partial charge in [-0.1, -0.05) is 12.1 Å². The maximum atomic E-state index is 13.1. The lowest BCUT2D eigenvalue weighted by atomic mass is 9.73. The summed E-state index contributed by atoms with van der Waals surface area (Å²) in [7, 11) is 1.61. The van der Waals surface area contributed by atoms with E-state index < -0.39 is 12.1 Å². The van der Waals surface area contributed by atoms with Gasteiger partial charge in [-0.15, -0.1) is 10.2 Å². The number of amides is 1. The fraction of sp³-hybridized carbons (Fsp3) is 0.565. The van der Waals surface area contributed by atoms with Crippen molar-refractivity contribution in [1.82, 2.24) is 25.0 Å². The number of carbonyl (C=O) groups excluding carboxylic acids is 1. The van der Waals surface area contributed by atoms with Crippen molar-refractivity contribution in [2.24, 2.45) is 5.41 Å². The second kappa shape index (κ2) is 11.8. The molecule has 1 spiro atoms. The number of carboxylic acids is 1. The summed E-state index contributed by atoms with van der Waals surface area (Å²) in [6.45, 7) is 4.59. The topological polar surface area (TPSA) is 110 Å². The van der Waals surface area contributed by atoms with Crippen LogP contribution in [0.3, 0.4) is 0 Å². The number of hydrogen-bond donors (Lipinski definition) is 2. The smallest absolute Gasteiger partial charge is 0.475 e. The second-order valence-corrected chi connectivity index (χ2v) is 8.98. The lowest BCUT2D eigenvalue weighted by molar-refractivity contribution is -0.192. The van der Waals surface area contributed by atoms with Crippen molar-refractivity contribution >= 4 is 11.9 Å². The molecule has 4 rings (SSSR count). The molecule has 13 heteroatoms. The summed E-state index contributed by atoms with van der Waals surface area (Å²) in [6, 6.07) is 6.76. The lowest BCUT2D eigenvalue weighted by Crippen LogP contribution is -2.45. The van der Waals surface area contributed by atoms with Gasteiger partial charge in [-0.05, 0) is 55.5 Å². The van der Waals surface area contributed by atoms with Gasteiger partial charge in [0.15, 0.2) is 0 Å². The molecular formula is C23H29F4N5O4. The Balaban J connectivity index is 0.000000454. The zero-order chi connectivity index (χ0) is 26.3. The number of carbonyl (C=O) groups is 2. The summed E-state index contributed by atoms with van der Waals surface area (Å²) >= 11 is 0. The molecule has 1 fully saturated rings. The van der Waals surface area contributed by atoms with Crippen molar-refractivity contribution in [2.75, 3.05) is 33.4 Å². The third kappa shape index (κ3) is 7.23. The molecule has 1 aromatic heterocycles. The number of nitrogens with one attached hydrogen (secondary N) is 1. The number of nitrogens with zero attached hydrogens (tertiary/aromatic N) is 4. The minimum atomic E-state index is -5.08. The van der Waals surface area contributed by atoms with Crippen molar-refractivity contribution in [3.63, 3.8) is 0 Å². The third-order valence-electron chi connectivity index (χ3n) is 6.47. The highest BCUT2D eigenvalue weighted by molar-refractivity contribution is 5.90. The number of carboxylic acid groups (broad SMARTS) is 1. The first-order valence-electron chi connectivity index (χ1n) is 11.5. The quantitative estimate of drug-likeness (QED) is 0.450. The highest BCUT2D eigenvalue weighted by Crippen LogP contribution is 2.41. The Kier molecular flexibility index (Phi) is 9.01. The minimum Gasteiger partial charge on any atom is -0.475 e. The lowest BCUT2D eigenvalue weighted by Gasteiger charge is -2.44. The fourth-order valence-electron chi connectivity index (χ4n) is 4.43. The molecule has 0 saturated carbocycles. The number of benzene rings is 1. The Hall–Kier alpha value is -3.06. The molecule has 2 aromatic rings. The number of piperidine rings is 1. The van der Waals surface area contributed by atoms with E-state index >= 15 is 0 Å². The number of hydrogen-bond acceptors (Lipinski definition) is 6. The van der Waals surface area contributed by atoms with E-state index in [2.05, 4.69) is 20.4 Å². The first kappa shape index (κ1) is 27.5. The van der Waals surface area contributed by atoms with E-state index in [0.717, 1.165) is 63.3 Å². The van der Waals surface area contributed by atoms with Crippen LogP contribution in [0.5, 0.6) is 0 Å². The molecule has 1 amide bonds. The average molecular weight is 516 g/mol. The molecule has 1 saturated heterocycles. The largest absolute Gasteiger partial charge is 0.490 e. The van der Waals surface area contributed by atoms with Gasteiger partial charge < -0.3 is 19.7 Å². The Morgan fingerprint density at radius 2 is 1.78 bits per heavy atom. The number of halogens is 4. The van der Waals surface area contributed by atoms with Crippen molar-refractivity contribution in [3.8, 4) is 0 Å². The fourth-order valence-corrected chi connectivity index (χ4v) is 4.43. The Morgan fingerprint density at radius 3 is 2.36 bits per heavy atom. The van der Waals surface area contributed by atoms with E-state index in [0.29, 0.717) is 19.0 Å². The van der Waals surface area contributed by atoms with E-state index in [-0.39, 0.29) is 17.1 Å². The van der Waals surface area contributed by atoms with E-state index in [9.17, 15) is 22.4 Å². The van der Waals surface area contributed by atoms with E-state index in [1.54, 1.807) is 7.11 Å². The first-order chi connectivity index (χ1) is 17.0. The first-order valence-corrected chi connectivity index (χ1v) is 11.5. The Bertz CT molecular complexity index is 1030. The molecule has 9 nitrogen and oxygen atoms in total. The SMILES string of the molecule is COCCNC(=O)c1nnc2n1CC1(CC2)CCN(Cc2ccc(F)cc2)CC1.O=C(O)C(F)(F)F. The van der Waals surface area contributed by atoms with Crippen LogP contribution in [0.2, 0.25) is 0 Å². The van der Waals surface area contributed by atoms with E-state index in [4.69, 9.17) is 14.6 Å². The van der Waals surface area contributed by atoms with Gasteiger partial charge in [0.25, 0.3) is 5.91 Å². The number of aryl methyl sites for hydroxylation is 1. The Labute approximate surface area is 205 Å². The highest BCUT2D eigenvalue weighted by Gasteiger charge is 2.40. The number of ether oxygens (including phenoxy) is 1. The normalized spacial score (nSPS) is 17.1. The van der Waals surface area contributed by atoms with Crippen LogP contribution in [0.25, 0.3) is 0 Å². The van der Waals surface area contributed by atoms with Gasteiger partial charge in [0, 0.05) is 33.2 Å². The summed E-state index contributed by atoms with van der Waals surface area (Å²) < 4.78 is 51.9. The van der Waals surface area contributed by atoms with Gasteiger partial charge in [0.05, 0.1) is 6.61 Å². The van der Waals surface area contributed by atoms with Crippen LogP contribution in [0, 0.1) is 11.2 Å². The van der Waals surface area contributed by atoms with Crippen LogP contribution in [-0.2, 0) is 29.0 Å². The summed E-state index contributed by atoms with van der Waals surface area (Å²) in [6.07, 6.45) is -0.982. The molecule has 0 atom stereocenters. The van der Waals surface area contributed by atoms with Crippen LogP contribution in [0.1, 0.15) is 41.3 Å². The second-order valence-electron chi connectivity index (χ2n) is 8.98. The third-order valence-corrected chi connectivity index (χ3v) is 6.47. The maximum Gasteiger partial charge on any atom is 0.490 e.